The summed E-state index contributed by atoms with van der Waals surface area (Å²) in [6.45, 7) is 5.27. The number of unbranched alkanes of at least 4 members (excludes halogenated alkanes) is 10. The molecule has 0 aliphatic rings. The molecule has 2 unspecified atom stereocenters. The van der Waals surface area contributed by atoms with E-state index < -0.39 is 13.9 Å². The first-order chi connectivity index (χ1) is 32.6. The van der Waals surface area contributed by atoms with Crippen molar-refractivity contribution in [1.82, 2.24) is 0 Å². The number of likely N-dealkylation sites (N-methyl/N-ethyl adjacent to an activating group) is 1. The Hall–Kier alpha value is -3.36. The Morgan fingerprint density at radius 2 is 0.821 bits per heavy atom. The van der Waals surface area contributed by atoms with Crippen molar-refractivity contribution in [3.05, 3.63) is 134 Å². The minimum absolute atomic E-state index is 0.0680. The first-order valence-electron chi connectivity index (χ1n) is 25.9. The van der Waals surface area contributed by atoms with Gasteiger partial charge >= 0.3 is 13.8 Å². The zero-order valence-corrected chi connectivity index (χ0v) is 44.0. The molecular weight excluding hydrogens is 854 g/mol. The summed E-state index contributed by atoms with van der Waals surface area (Å²) in [5.74, 6) is -0.379. The molecule has 0 heterocycles. The third-order valence-corrected chi connectivity index (χ3v) is 11.2. The number of hydrogen-bond donors (Lipinski definition) is 1. The lowest BCUT2D eigenvalue weighted by atomic mass is 10.1. The second-order valence-electron chi connectivity index (χ2n) is 17.8. The topological polar surface area (TPSA) is 91.3 Å². The van der Waals surface area contributed by atoms with Crippen LogP contribution in [0.15, 0.2) is 134 Å². The molecule has 9 heteroatoms. The van der Waals surface area contributed by atoms with E-state index >= 15 is 0 Å². The molecule has 0 amide bonds. The van der Waals surface area contributed by atoms with Crippen molar-refractivity contribution in [3.63, 3.8) is 0 Å². The molecule has 67 heavy (non-hydrogen) atoms. The minimum Gasteiger partial charge on any atom is -0.457 e. The highest BCUT2D eigenvalue weighted by Crippen LogP contribution is 2.43. The van der Waals surface area contributed by atoms with E-state index in [-0.39, 0.29) is 32.2 Å². The Bertz CT molecular complexity index is 1520. The fourth-order valence-electron chi connectivity index (χ4n) is 6.30. The van der Waals surface area contributed by atoms with Gasteiger partial charge in [0.1, 0.15) is 19.3 Å². The Morgan fingerprint density at radius 3 is 1.22 bits per heavy atom. The summed E-state index contributed by atoms with van der Waals surface area (Å²) in [4.78, 5) is 23.0. The lowest BCUT2D eigenvalue weighted by Gasteiger charge is -2.24. The van der Waals surface area contributed by atoms with Crippen LogP contribution in [0.3, 0.4) is 0 Å². The van der Waals surface area contributed by atoms with Crippen LogP contribution in [-0.4, -0.2) is 75.6 Å². The molecule has 0 rings (SSSR count). The summed E-state index contributed by atoms with van der Waals surface area (Å²) in [6, 6.07) is 0. The standard InChI is InChI=1S/C58H96NO7P/c1-6-8-10-12-14-16-18-20-22-24-26-28-30-31-33-35-37-39-41-43-45-47-49-51-58(60)66-57(56-65-67(61,62)64-54-52-59(3,4)5)55-63-53-50-48-46-44-42-40-38-36-34-32-29-27-25-23-21-19-17-15-13-11-9-7-2/h8-11,14-17,20-23,26-29,31,33,37,39,43,45,57H,6-7,12-13,18-19,24-25,30,32,34-36,38,40-42,44,46-56H2,1-5H3/p+1/b10-8-,11-9-,16-14-,17-15-,22-20-,23-21-,28-26-,29-27-,33-31-,39-37-,45-43-. The number of ether oxygens (including phenoxy) is 2. The molecule has 0 saturated carbocycles. The normalized spacial score (nSPS) is 14.7. The SMILES string of the molecule is CC/C=C\C/C=C\C/C=C\C/C=C\C/C=C\C/C=C\C/C=C\CCCC(=O)OC(COCCCCCCCCCCC/C=C\C/C=C\C/C=C\C/C=C\CC)COP(=O)(O)OCC[N+](C)(C)C. The van der Waals surface area contributed by atoms with Gasteiger partial charge in [0.25, 0.3) is 0 Å². The highest BCUT2D eigenvalue weighted by molar-refractivity contribution is 7.47. The van der Waals surface area contributed by atoms with E-state index in [1.165, 1.54) is 44.9 Å². The van der Waals surface area contributed by atoms with Crippen molar-refractivity contribution >= 4 is 13.8 Å². The van der Waals surface area contributed by atoms with Gasteiger partial charge in [0.05, 0.1) is 34.4 Å². The van der Waals surface area contributed by atoms with Crippen LogP contribution in [0.25, 0.3) is 0 Å². The van der Waals surface area contributed by atoms with E-state index in [1.54, 1.807) is 0 Å². The predicted octanol–water partition coefficient (Wildman–Crippen LogP) is 16.3. The second kappa shape index (κ2) is 49.1. The zero-order valence-electron chi connectivity index (χ0n) is 43.1. The molecule has 2 atom stereocenters. The molecule has 0 aliphatic carbocycles. The third-order valence-electron chi connectivity index (χ3n) is 10.2. The molecule has 8 nitrogen and oxygen atoms in total. The van der Waals surface area contributed by atoms with Crippen LogP contribution >= 0.6 is 7.82 Å². The number of quaternary nitrogens is 1. The Morgan fingerprint density at radius 1 is 0.463 bits per heavy atom. The average molecular weight is 951 g/mol. The van der Waals surface area contributed by atoms with Gasteiger partial charge in [-0.1, -0.05) is 192 Å². The van der Waals surface area contributed by atoms with E-state index in [0.29, 0.717) is 24.1 Å². The summed E-state index contributed by atoms with van der Waals surface area (Å²) >= 11 is 0. The van der Waals surface area contributed by atoms with E-state index in [9.17, 15) is 14.3 Å². The lowest BCUT2D eigenvalue weighted by molar-refractivity contribution is -0.870. The molecule has 0 aromatic heterocycles. The molecule has 0 aliphatic heterocycles. The van der Waals surface area contributed by atoms with Crippen molar-refractivity contribution in [2.24, 2.45) is 0 Å². The monoisotopic (exact) mass is 951 g/mol. The minimum atomic E-state index is -4.31. The van der Waals surface area contributed by atoms with Crippen molar-refractivity contribution in [1.29, 1.82) is 0 Å². The first-order valence-corrected chi connectivity index (χ1v) is 27.4. The number of allylic oxidation sites excluding steroid dienone is 22. The largest absolute Gasteiger partial charge is 0.472 e. The van der Waals surface area contributed by atoms with Gasteiger partial charge in [0.2, 0.25) is 0 Å². The Labute approximate surface area is 411 Å². The molecule has 0 fully saturated rings. The van der Waals surface area contributed by atoms with Crippen LogP contribution in [0, 0.1) is 0 Å². The molecule has 0 aromatic rings. The molecule has 0 aromatic carbocycles. The van der Waals surface area contributed by atoms with Crippen molar-refractivity contribution in [2.45, 2.75) is 174 Å². The number of phosphoric acid groups is 1. The van der Waals surface area contributed by atoms with E-state index in [2.05, 4.69) is 148 Å². The van der Waals surface area contributed by atoms with Crippen LogP contribution in [0.4, 0.5) is 0 Å². The van der Waals surface area contributed by atoms with Crippen molar-refractivity contribution < 1.29 is 37.3 Å². The van der Waals surface area contributed by atoms with E-state index in [4.69, 9.17) is 18.5 Å². The number of phosphoric ester groups is 1. The van der Waals surface area contributed by atoms with Gasteiger partial charge < -0.3 is 18.9 Å². The fraction of sp³-hybridized carbons (Fsp3) is 0.603. The van der Waals surface area contributed by atoms with Crippen LogP contribution in [0.1, 0.15) is 168 Å². The summed E-state index contributed by atoms with van der Waals surface area (Å²) in [5, 5.41) is 0. The maximum atomic E-state index is 12.8. The van der Waals surface area contributed by atoms with Gasteiger partial charge in [-0.2, -0.15) is 0 Å². The maximum absolute atomic E-state index is 12.8. The van der Waals surface area contributed by atoms with E-state index in [0.717, 1.165) is 96.3 Å². The summed E-state index contributed by atoms with van der Waals surface area (Å²) < 4.78 is 35.1. The number of carbonyl (C=O) groups is 1. The molecule has 1 N–H and O–H groups in total. The predicted molar refractivity (Wildman–Crippen MR) is 288 cm³/mol. The first kappa shape index (κ1) is 63.6. The van der Waals surface area contributed by atoms with Gasteiger partial charge in [0.15, 0.2) is 0 Å². The summed E-state index contributed by atoms with van der Waals surface area (Å²) in [7, 11) is 1.60. The quantitative estimate of drug-likeness (QED) is 0.0214. The van der Waals surface area contributed by atoms with Gasteiger partial charge in [-0.15, -0.1) is 0 Å². The van der Waals surface area contributed by atoms with Crippen molar-refractivity contribution in [2.75, 3.05) is 54.1 Å². The number of rotatable bonds is 46. The third kappa shape index (κ3) is 53.5. The van der Waals surface area contributed by atoms with Gasteiger partial charge in [-0.3, -0.25) is 13.8 Å². The fourth-order valence-corrected chi connectivity index (χ4v) is 7.04. The maximum Gasteiger partial charge on any atom is 0.472 e. The number of nitrogens with zero attached hydrogens (tertiary/aromatic N) is 1. The van der Waals surface area contributed by atoms with Gasteiger partial charge in [-0.05, 0) is 103 Å². The number of hydrogen-bond acceptors (Lipinski definition) is 6. The number of carbonyl (C=O) groups excluding carboxylic acids is 1. The molecule has 0 spiro atoms. The molecule has 0 radical (unpaired) electrons. The van der Waals surface area contributed by atoms with Crippen LogP contribution < -0.4 is 0 Å². The lowest BCUT2D eigenvalue weighted by Crippen LogP contribution is -2.37. The van der Waals surface area contributed by atoms with Crippen LogP contribution in [-0.2, 0) is 27.9 Å². The highest BCUT2D eigenvalue weighted by Gasteiger charge is 2.26. The molecule has 0 bridgehead atoms. The zero-order chi connectivity index (χ0) is 49.0. The molecular formula is C58H97NO7P+. The van der Waals surface area contributed by atoms with Gasteiger partial charge in [-0.25, -0.2) is 4.57 Å². The second-order valence-corrected chi connectivity index (χ2v) is 19.2. The summed E-state index contributed by atoms with van der Waals surface area (Å²) in [6.07, 6.45) is 72.2. The number of esters is 1. The van der Waals surface area contributed by atoms with Gasteiger partial charge in [0, 0.05) is 13.0 Å². The Balaban J connectivity index is 4.30. The Kier molecular flexibility index (Phi) is 46.6. The van der Waals surface area contributed by atoms with E-state index in [1.807, 2.05) is 21.1 Å². The van der Waals surface area contributed by atoms with Crippen LogP contribution in [0.2, 0.25) is 0 Å². The smallest absolute Gasteiger partial charge is 0.457 e. The average Bonchev–Trinajstić information content (AvgIpc) is 3.29. The molecule has 0 saturated heterocycles. The summed E-state index contributed by atoms with van der Waals surface area (Å²) in [5.41, 5.74) is 0. The van der Waals surface area contributed by atoms with Crippen molar-refractivity contribution in [3.8, 4) is 0 Å². The highest BCUT2D eigenvalue weighted by atomic mass is 31.2. The molecule has 380 valence electrons. The van der Waals surface area contributed by atoms with Crippen LogP contribution in [0.5, 0.6) is 0 Å².